The molecule has 2 heterocycles. The summed E-state index contributed by atoms with van der Waals surface area (Å²) >= 11 is 0. The van der Waals surface area contributed by atoms with Crippen LogP contribution < -0.4 is 11.1 Å². The molecule has 4 N–H and O–H groups in total. The van der Waals surface area contributed by atoms with Crippen LogP contribution >= 0.6 is 0 Å². The Labute approximate surface area is 167 Å². The van der Waals surface area contributed by atoms with Gasteiger partial charge < -0.3 is 15.5 Å². The van der Waals surface area contributed by atoms with Gasteiger partial charge in [-0.15, -0.1) is 10.2 Å². The van der Waals surface area contributed by atoms with E-state index in [2.05, 4.69) is 25.7 Å². The second-order valence-corrected chi connectivity index (χ2v) is 6.64. The van der Waals surface area contributed by atoms with Gasteiger partial charge in [0, 0.05) is 17.7 Å². The Morgan fingerprint density at radius 3 is 2.66 bits per heavy atom. The van der Waals surface area contributed by atoms with Gasteiger partial charge in [-0.3, -0.25) is 9.89 Å². The van der Waals surface area contributed by atoms with Crippen LogP contribution in [-0.2, 0) is 11.3 Å². The fourth-order valence-corrected chi connectivity index (χ4v) is 2.88. The summed E-state index contributed by atoms with van der Waals surface area (Å²) in [5.74, 6) is 0.625. The molecular weight excluding hydrogens is 368 g/mol. The molecule has 4 aromatic rings. The minimum absolute atomic E-state index is 0.197. The van der Waals surface area contributed by atoms with Gasteiger partial charge in [0.25, 0.3) is 5.89 Å². The summed E-state index contributed by atoms with van der Waals surface area (Å²) in [5.41, 5.74) is 9.73. The molecule has 2 aromatic carbocycles. The molecule has 0 radical (unpaired) electrons. The fraction of sp³-hybridized carbons (Fsp3) is 0.143. The number of rotatable bonds is 6. The van der Waals surface area contributed by atoms with Crippen molar-refractivity contribution in [2.45, 2.75) is 19.5 Å². The van der Waals surface area contributed by atoms with Crippen LogP contribution in [0.25, 0.3) is 34.2 Å². The molecule has 0 aliphatic carbocycles. The summed E-state index contributed by atoms with van der Waals surface area (Å²) in [6.07, 6.45) is 1.65. The van der Waals surface area contributed by atoms with Crippen molar-refractivity contribution in [2.75, 3.05) is 0 Å². The summed E-state index contributed by atoms with van der Waals surface area (Å²) in [7, 11) is 0. The average molecular weight is 388 g/mol. The van der Waals surface area contributed by atoms with Gasteiger partial charge in [-0.05, 0) is 30.7 Å². The lowest BCUT2D eigenvalue weighted by atomic mass is 10.0. The topological polar surface area (TPSA) is 123 Å². The number of nitrogens with zero attached hydrogens (tertiary/aromatic N) is 3. The zero-order chi connectivity index (χ0) is 20.2. The molecule has 0 fully saturated rings. The molecule has 0 aliphatic rings. The summed E-state index contributed by atoms with van der Waals surface area (Å²) in [6, 6.07) is 16.8. The maximum Gasteiger partial charge on any atom is 0.251 e. The van der Waals surface area contributed by atoms with Crippen LogP contribution in [0.5, 0.6) is 0 Å². The van der Waals surface area contributed by atoms with Gasteiger partial charge in [0.2, 0.25) is 11.8 Å². The first-order valence-electron chi connectivity index (χ1n) is 9.17. The maximum atomic E-state index is 11.7. The normalized spacial score (nSPS) is 11.9. The predicted molar refractivity (Wildman–Crippen MR) is 108 cm³/mol. The molecule has 0 bridgehead atoms. The molecule has 1 atom stereocenters. The Bertz CT molecular complexity index is 1120. The predicted octanol–water partition coefficient (Wildman–Crippen LogP) is 2.76. The van der Waals surface area contributed by atoms with Crippen molar-refractivity contribution in [1.29, 1.82) is 0 Å². The van der Waals surface area contributed by atoms with E-state index in [1.807, 2.05) is 54.6 Å². The van der Waals surface area contributed by atoms with Crippen molar-refractivity contribution < 1.29 is 9.21 Å². The second-order valence-electron chi connectivity index (χ2n) is 6.64. The molecule has 29 heavy (non-hydrogen) atoms. The van der Waals surface area contributed by atoms with Crippen LogP contribution in [-0.4, -0.2) is 32.3 Å². The van der Waals surface area contributed by atoms with E-state index < -0.39 is 6.04 Å². The Morgan fingerprint density at radius 2 is 1.86 bits per heavy atom. The second kappa shape index (κ2) is 8.07. The smallest absolute Gasteiger partial charge is 0.251 e. The Hall–Kier alpha value is -3.78. The van der Waals surface area contributed by atoms with Crippen molar-refractivity contribution in [1.82, 2.24) is 25.7 Å². The Balaban J connectivity index is 1.59. The third-order valence-electron chi connectivity index (χ3n) is 4.41. The molecule has 1 amide bonds. The number of hydrogen-bond donors (Lipinski definition) is 3. The monoisotopic (exact) mass is 388 g/mol. The van der Waals surface area contributed by atoms with Crippen LogP contribution in [0.4, 0.5) is 0 Å². The molecule has 0 saturated carbocycles. The number of aromatic amines is 1. The van der Waals surface area contributed by atoms with Gasteiger partial charge in [-0.1, -0.05) is 36.4 Å². The van der Waals surface area contributed by atoms with E-state index in [-0.39, 0.29) is 5.91 Å². The van der Waals surface area contributed by atoms with E-state index in [1.165, 1.54) is 0 Å². The van der Waals surface area contributed by atoms with Gasteiger partial charge in [0.15, 0.2) is 0 Å². The molecule has 0 saturated heterocycles. The average Bonchev–Trinajstić information content (AvgIpc) is 3.42. The lowest BCUT2D eigenvalue weighted by Gasteiger charge is -2.09. The van der Waals surface area contributed by atoms with Crippen LogP contribution in [0, 0.1) is 0 Å². The molecule has 2 aromatic heterocycles. The third kappa shape index (κ3) is 4.07. The molecule has 8 nitrogen and oxygen atoms in total. The van der Waals surface area contributed by atoms with E-state index in [0.29, 0.717) is 23.9 Å². The number of amides is 1. The number of hydrogen-bond acceptors (Lipinski definition) is 6. The summed E-state index contributed by atoms with van der Waals surface area (Å²) in [6.45, 7) is 2.03. The van der Waals surface area contributed by atoms with Crippen LogP contribution in [0.1, 0.15) is 12.5 Å². The van der Waals surface area contributed by atoms with Crippen molar-refractivity contribution in [3.8, 4) is 34.2 Å². The molecule has 8 heteroatoms. The number of carbonyl (C=O) groups is 1. The molecule has 0 spiro atoms. The van der Waals surface area contributed by atoms with Crippen LogP contribution in [0.15, 0.2) is 65.2 Å². The van der Waals surface area contributed by atoms with Crippen LogP contribution in [0.3, 0.4) is 0 Å². The largest absolute Gasteiger partial charge is 0.416 e. The fourth-order valence-electron chi connectivity index (χ4n) is 2.88. The first-order valence-corrected chi connectivity index (χ1v) is 9.17. The first kappa shape index (κ1) is 18.6. The lowest BCUT2D eigenvalue weighted by Crippen LogP contribution is -2.37. The summed E-state index contributed by atoms with van der Waals surface area (Å²) in [4.78, 5) is 11.7. The quantitative estimate of drug-likeness (QED) is 0.467. The number of H-pyrrole nitrogens is 1. The van der Waals surface area contributed by atoms with Gasteiger partial charge >= 0.3 is 0 Å². The zero-order valence-corrected chi connectivity index (χ0v) is 15.8. The number of nitrogens with one attached hydrogen (secondary N) is 2. The standard InChI is InChI=1S/C21H20N6O2/c1-13(22)19(28)23-11-14-6-5-9-16(10-14)18-17(12-24-25-18)21-27-26-20(29-21)15-7-3-2-4-8-15/h2-10,12-13H,11,22H2,1H3,(H,23,28)(H,24,25)/t13-/m0/s1. The van der Waals surface area contributed by atoms with E-state index in [4.69, 9.17) is 10.2 Å². The van der Waals surface area contributed by atoms with Gasteiger partial charge in [0.05, 0.1) is 23.5 Å². The van der Waals surface area contributed by atoms with Crippen LogP contribution in [0.2, 0.25) is 0 Å². The first-order chi connectivity index (χ1) is 14.1. The lowest BCUT2D eigenvalue weighted by molar-refractivity contribution is -0.122. The van der Waals surface area contributed by atoms with Gasteiger partial charge in [0.1, 0.15) is 0 Å². The maximum absolute atomic E-state index is 11.7. The number of benzene rings is 2. The molecule has 146 valence electrons. The molecular formula is C21H20N6O2. The Morgan fingerprint density at radius 1 is 1.10 bits per heavy atom. The molecule has 4 rings (SSSR count). The van der Waals surface area contributed by atoms with E-state index >= 15 is 0 Å². The highest BCUT2D eigenvalue weighted by Crippen LogP contribution is 2.31. The third-order valence-corrected chi connectivity index (χ3v) is 4.41. The number of aromatic nitrogens is 4. The summed E-state index contributed by atoms with van der Waals surface area (Å²) < 4.78 is 5.86. The Kier molecular flexibility index (Phi) is 5.17. The highest BCUT2D eigenvalue weighted by molar-refractivity contribution is 5.81. The zero-order valence-electron chi connectivity index (χ0n) is 15.8. The van der Waals surface area contributed by atoms with E-state index in [1.54, 1.807) is 13.1 Å². The molecule has 0 unspecified atom stereocenters. The SMILES string of the molecule is C[C@H](N)C(=O)NCc1cccc(-c2[nH]ncc2-c2nnc(-c3ccccc3)o2)c1. The van der Waals surface area contributed by atoms with E-state index in [0.717, 1.165) is 22.4 Å². The van der Waals surface area contributed by atoms with Crippen molar-refractivity contribution in [3.05, 3.63) is 66.4 Å². The number of nitrogens with two attached hydrogens (primary N) is 1. The summed E-state index contributed by atoms with van der Waals surface area (Å²) in [5, 5.41) is 18.3. The van der Waals surface area contributed by atoms with E-state index in [9.17, 15) is 4.79 Å². The molecule has 0 aliphatic heterocycles. The van der Waals surface area contributed by atoms with Crippen molar-refractivity contribution >= 4 is 5.91 Å². The minimum Gasteiger partial charge on any atom is -0.416 e. The highest BCUT2D eigenvalue weighted by Gasteiger charge is 2.17. The highest BCUT2D eigenvalue weighted by atomic mass is 16.4. The van der Waals surface area contributed by atoms with Crippen molar-refractivity contribution in [3.63, 3.8) is 0 Å². The minimum atomic E-state index is -0.547. The van der Waals surface area contributed by atoms with Crippen molar-refractivity contribution in [2.24, 2.45) is 5.73 Å². The van der Waals surface area contributed by atoms with Gasteiger partial charge in [-0.2, -0.15) is 5.10 Å². The number of carbonyl (C=O) groups excluding carboxylic acids is 1. The van der Waals surface area contributed by atoms with Gasteiger partial charge in [-0.25, -0.2) is 0 Å².